The summed E-state index contributed by atoms with van der Waals surface area (Å²) in [7, 11) is 0. The number of aliphatic hydroxyl groups is 1. The van der Waals surface area contributed by atoms with Crippen molar-refractivity contribution in [1.29, 1.82) is 0 Å². The van der Waals surface area contributed by atoms with E-state index in [2.05, 4.69) is 21.2 Å². The first-order valence-electron chi connectivity index (χ1n) is 6.37. The van der Waals surface area contributed by atoms with E-state index in [1.54, 1.807) is 6.07 Å². The van der Waals surface area contributed by atoms with E-state index in [1.165, 1.54) is 0 Å². The van der Waals surface area contributed by atoms with Crippen LogP contribution in [-0.2, 0) is 4.74 Å². The van der Waals surface area contributed by atoms with Crippen molar-refractivity contribution in [2.24, 2.45) is 0 Å². The van der Waals surface area contributed by atoms with Gasteiger partial charge in [-0.1, -0.05) is 12.1 Å². The number of hydrogen-bond acceptors (Lipinski definition) is 4. The number of ether oxygens (including phenoxy) is 1. The molecule has 0 atom stereocenters. The molecular formula is C14H16BrNO4. The monoisotopic (exact) mass is 341 g/mol. The second kappa shape index (κ2) is 7.42. The van der Waals surface area contributed by atoms with Gasteiger partial charge in [0.15, 0.2) is 5.76 Å². The summed E-state index contributed by atoms with van der Waals surface area (Å²) in [6.07, 6.45) is 0.690. The molecule has 0 saturated carbocycles. The topological polar surface area (TPSA) is 71.7 Å². The van der Waals surface area contributed by atoms with Crippen molar-refractivity contribution in [3.05, 3.63) is 34.5 Å². The average Bonchev–Trinajstić information content (AvgIpc) is 2.88. The lowest BCUT2D eigenvalue weighted by Gasteiger charge is -2.03. The van der Waals surface area contributed by atoms with E-state index in [1.807, 2.05) is 18.2 Å². The van der Waals surface area contributed by atoms with Gasteiger partial charge < -0.3 is 19.6 Å². The summed E-state index contributed by atoms with van der Waals surface area (Å²) in [5.41, 5.74) is 0.670. The van der Waals surface area contributed by atoms with Gasteiger partial charge in [-0.2, -0.15) is 0 Å². The maximum atomic E-state index is 11.9. The molecule has 1 aromatic carbocycles. The van der Waals surface area contributed by atoms with Crippen LogP contribution in [-0.4, -0.2) is 37.4 Å². The third kappa shape index (κ3) is 3.82. The maximum Gasteiger partial charge on any atom is 0.287 e. The van der Waals surface area contributed by atoms with Gasteiger partial charge in [0.05, 0.1) is 17.7 Å². The average molecular weight is 342 g/mol. The van der Waals surface area contributed by atoms with Gasteiger partial charge in [-0.15, -0.1) is 0 Å². The first-order chi connectivity index (χ1) is 9.72. The zero-order valence-electron chi connectivity index (χ0n) is 10.9. The Morgan fingerprint density at radius 1 is 1.40 bits per heavy atom. The molecule has 5 nitrogen and oxygen atoms in total. The number of furan rings is 1. The normalized spacial score (nSPS) is 10.9. The van der Waals surface area contributed by atoms with Crippen LogP contribution in [0.1, 0.15) is 17.0 Å². The summed E-state index contributed by atoms with van der Waals surface area (Å²) in [5.74, 6) is 0.0541. The van der Waals surface area contributed by atoms with Gasteiger partial charge in [-0.05, 0) is 34.5 Å². The third-order valence-electron chi connectivity index (χ3n) is 2.71. The summed E-state index contributed by atoms with van der Waals surface area (Å²) < 4.78 is 11.5. The van der Waals surface area contributed by atoms with E-state index in [0.717, 1.165) is 9.86 Å². The Kier molecular flexibility index (Phi) is 5.58. The lowest BCUT2D eigenvalue weighted by Crippen LogP contribution is -2.24. The smallest absolute Gasteiger partial charge is 0.287 e. The molecule has 1 amide bonds. The van der Waals surface area contributed by atoms with E-state index >= 15 is 0 Å². The zero-order chi connectivity index (χ0) is 14.4. The van der Waals surface area contributed by atoms with Crippen molar-refractivity contribution < 1.29 is 19.1 Å². The van der Waals surface area contributed by atoms with Crippen molar-refractivity contribution >= 4 is 32.8 Å². The SMILES string of the molecule is O=C(NCCCOCCO)c1cc2cccc(Br)c2o1. The van der Waals surface area contributed by atoms with E-state index in [9.17, 15) is 4.79 Å². The minimum Gasteiger partial charge on any atom is -0.450 e. The largest absolute Gasteiger partial charge is 0.450 e. The molecule has 0 aliphatic heterocycles. The Labute approximate surface area is 125 Å². The fourth-order valence-corrected chi connectivity index (χ4v) is 2.23. The van der Waals surface area contributed by atoms with Gasteiger partial charge in [-0.25, -0.2) is 0 Å². The Balaban J connectivity index is 1.86. The minimum absolute atomic E-state index is 0.0141. The third-order valence-corrected chi connectivity index (χ3v) is 3.33. The fraction of sp³-hybridized carbons (Fsp3) is 0.357. The van der Waals surface area contributed by atoms with Crippen LogP contribution in [0.3, 0.4) is 0 Å². The van der Waals surface area contributed by atoms with Gasteiger partial charge in [-0.3, -0.25) is 4.79 Å². The number of fused-ring (bicyclic) bond motifs is 1. The number of halogens is 1. The molecule has 0 saturated heterocycles. The van der Waals surface area contributed by atoms with Gasteiger partial charge in [0, 0.05) is 18.5 Å². The predicted molar refractivity (Wildman–Crippen MR) is 78.8 cm³/mol. The van der Waals surface area contributed by atoms with Crippen LogP contribution < -0.4 is 5.32 Å². The minimum atomic E-state index is -0.241. The summed E-state index contributed by atoms with van der Waals surface area (Å²) in [4.78, 5) is 11.9. The Bertz CT molecular complexity index is 582. The molecule has 1 heterocycles. The first kappa shape index (κ1) is 15.0. The lowest BCUT2D eigenvalue weighted by atomic mass is 10.2. The molecule has 0 aliphatic carbocycles. The highest BCUT2D eigenvalue weighted by molar-refractivity contribution is 9.10. The molecule has 20 heavy (non-hydrogen) atoms. The van der Waals surface area contributed by atoms with Crippen LogP contribution in [0.5, 0.6) is 0 Å². The summed E-state index contributed by atoms with van der Waals surface area (Å²) >= 11 is 3.38. The number of hydrogen-bond donors (Lipinski definition) is 2. The number of carbonyl (C=O) groups is 1. The number of rotatable bonds is 7. The molecule has 0 bridgehead atoms. The van der Waals surface area contributed by atoms with Crippen molar-refractivity contribution in [3.63, 3.8) is 0 Å². The summed E-state index contributed by atoms with van der Waals surface area (Å²) in [5, 5.41) is 12.2. The molecule has 0 fully saturated rings. The van der Waals surface area contributed by atoms with Crippen molar-refractivity contribution in [2.75, 3.05) is 26.4 Å². The van der Waals surface area contributed by atoms with Gasteiger partial charge in [0.25, 0.3) is 5.91 Å². The van der Waals surface area contributed by atoms with E-state index in [-0.39, 0.29) is 12.5 Å². The van der Waals surface area contributed by atoms with Crippen LogP contribution in [0, 0.1) is 0 Å². The number of benzene rings is 1. The quantitative estimate of drug-likeness (QED) is 0.758. The highest BCUT2D eigenvalue weighted by Gasteiger charge is 2.12. The van der Waals surface area contributed by atoms with Gasteiger partial charge >= 0.3 is 0 Å². The van der Waals surface area contributed by atoms with Crippen LogP contribution in [0.2, 0.25) is 0 Å². The summed E-state index contributed by atoms with van der Waals surface area (Å²) in [6.45, 7) is 1.35. The van der Waals surface area contributed by atoms with Crippen LogP contribution in [0.4, 0.5) is 0 Å². The van der Waals surface area contributed by atoms with Crippen LogP contribution in [0.25, 0.3) is 11.0 Å². The lowest BCUT2D eigenvalue weighted by molar-refractivity contribution is 0.0857. The van der Waals surface area contributed by atoms with Crippen LogP contribution >= 0.6 is 15.9 Å². The number of nitrogens with one attached hydrogen (secondary N) is 1. The van der Waals surface area contributed by atoms with Crippen LogP contribution in [0.15, 0.2) is 33.2 Å². The van der Waals surface area contributed by atoms with Crippen molar-refractivity contribution in [1.82, 2.24) is 5.32 Å². The van der Waals surface area contributed by atoms with E-state index < -0.39 is 0 Å². The maximum absolute atomic E-state index is 11.9. The van der Waals surface area contributed by atoms with Crippen molar-refractivity contribution in [3.8, 4) is 0 Å². The van der Waals surface area contributed by atoms with E-state index in [0.29, 0.717) is 37.5 Å². The van der Waals surface area contributed by atoms with E-state index in [4.69, 9.17) is 14.3 Å². The molecule has 2 aromatic rings. The second-order valence-corrected chi connectivity index (χ2v) is 5.07. The Morgan fingerprint density at radius 2 is 2.25 bits per heavy atom. The molecule has 0 aliphatic rings. The fourth-order valence-electron chi connectivity index (χ4n) is 1.77. The molecule has 0 radical (unpaired) electrons. The Morgan fingerprint density at radius 3 is 3.00 bits per heavy atom. The number of para-hydroxylation sites is 1. The summed E-state index contributed by atoms with van der Waals surface area (Å²) in [6, 6.07) is 7.37. The second-order valence-electron chi connectivity index (χ2n) is 4.21. The predicted octanol–water partition coefficient (Wildman–Crippen LogP) is 2.32. The molecule has 0 spiro atoms. The molecule has 108 valence electrons. The van der Waals surface area contributed by atoms with Gasteiger partial charge in [0.1, 0.15) is 5.58 Å². The molecule has 1 aromatic heterocycles. The molecule has 6 heteroatoms. The molecule has 2 N–H and O–H groups in total. The highest BCUT2D eigenvalue weighted by Crippen LogP contribution is 2.26. The molecule has 0 unspecified atom stereocenters. The highest BCUT2D eigenvalue weighted by atomic mass is 79.9. The number of aliphatic hydroxyl groups excluding tert-OH is 1. The number of amides is 1. The molecule has 2 rings (SSSR count). The van der Waals surface area contributed by atoms with Gasteiger partial charge in [0.2, 0.25) is 0 Å². The standard InChI is InChI=1S/C14H16BrNO4/c15-11-4-1-3-10-9-12(20-13(10)11)14(18)16-5-2-7-19-8-6-17/h1,3-4,9,17H,2,5-8H2,(H,16,18). The van der Waals surface area contributed by atoms with Crippen molar-refractivity contribution in [2.45, 2.75) is 6.42 Å². The molecular weight excluding hydrogens is 326 g/mol. The number of carbonyl (C=O) groups excluding carboxylic acids is 1. The Hall–Kier alpha value is -1.37. The zero-order valence-corrected chi connectivity index (χ0v) is 12.5. The first-order valence-corrected chi connectivity index (χ1v) is 7.16.